The lowest BCUT2D eigenvalue weighted by atomic mass is 9.91. The molecule has 0 saturated heterocycles. The molecule has 0 spiro atoms. The second kappa shape index (κ2) is 14.8. The molecular formula is C60H39NO. The van der Waals surface area contributed by atoms with Crippen LogP contribution in [0.25, 0.3) is 98.8 Å². The molecule has 2 heteroatoms. The summed E-state index contributed by atoms with van der Waals surface area (Å²) >= 11 is 0. The number of anilines is 3. The quantitative estimate of drug-likeness (QED) is 0.160. The summed E-state index contributed by atoms with van der Waals surface area (Å²) in [5, 5.41) is 9.46. The van der Waals surface area contributed by atoms with E-state index in [1.54, 1.807) is 0 Å². The number of para-hydroxylation sites is 2. The first-order chi connectivity index (χ1) is 30.8. The van der Waals surface area contributed by atoms with E-state index in [1.807, 2.05) is 0 Å². The van der Waals surface area contributed by atoms with E-state index in [0.29, 0.717) is 0 Å². The fourth-order valence-corrected chi connectivity index (χ4v) is 9.55. The van der Waals surface area contributed by atoms with E-state index in [4.69, 9.17) is 4.42 Å². The number of rotatable bonds is 7. The van der Waals surface area contributed by atoms with Crippen molar-refractivity contribution < 1.29 is 4.42 Å². The summed E-state index contributed by atoms with van der Waals surface area (Å²) in [7, 11) is 0. The van der Waals surface area contributed by atoms with Crippen molar-refractivity contribution in [2.75, 3.05) is 4.90 Å². The Labute approximate surface area is 360 Å². The number of fused-ring (bicyclic) bond motifs is 6. The van der Waals surface area contributed by atoms with E-state index in [1.165, 1.54) is 54.7 Å². The first-order valence-corrected chi connectivity index (χ1v) is 21.3. The smallest absolute Gasteiger partial charge is 0.159 e. The molecule has 1 aromatic heterocycles. The van der Waals surface area contributed by atoms with Gasteiger partial charge in [0.2, 0.25) is 0 Å². The zero-order chi connectivity index (χ0) is 41.0. The maximum absolute atomic E-state index is 7.09. The largest absolute Gasteiger partial charge is 0.453 e. The van der Waals surface area contributed by atoms with E-state index in [0.717, 1.165) is 61.1 Å². The van der Waals surface area contributed by atoms with Crippen molar-refractivity contribution in [2.45, 2.75) is 0 Å². The van der Waals surface area contributed by atoms with Crippen molar-refractivity contribution in [3.05, 3.63) is 237 Å². The lowest BCUT2D eigenvalue weighted by molar-refractivity contribution is 0.670. The van der Waals surface area contributed by atoms with Gasteiger partial charge in [-0.1, -0.05) is 206 Å². The van der Waals surface area contributed by atoms with Gasteiger partial charge in [0, 0.05) is 27.4 Å². The Kier molecular flexibility index (Phi) is 8.53. The zero-order valence-electron chi connectivity index (χ0n) is 33.9. The predicted molar refractivity (Wildman–Crippen MR) is 263 cm³/mol. The number of hydrogen-bond donors (Lipinski definition) is 0. The van der Waals surface area contributed by atoms with Crippen molar-refractivity contribution in [3.63, 3.8) is 0 Å². The average Bonchev–Trinajstić information content (AvgIpc) is 3.74. The van der Waals surface area contributed by atoms with Crippen LogP contribution in [0, 0.1) is 0 Å². The third kappa shape index (κ3) is 5.96. The van der Waals surface area contributed by atoms with Crippen molar-refractivity contribution in [1.29, 1.82) is 0 Å². The summed E-state index contributed by atoms with van der Waals surface area (Å²) in [5.74, 6) is 0. The van der Waals surface area contributed by atoms with Crippen LogP contribution in [-0.4, -0.2) is 0 Å². The van der Waals surface area contributed by atoms with Gasteiger partial charge in [0.05, 0.1) is 11.4 Å². The maximum atomic E-state index is 7.09. The highest BCUT2D eigenvalue weighted by atomic mass is 16.3. The molecule has 0 aliphatic rings. The Hall–Kier alpha value is -8.20. The minimum Gasteiger partial charge on any atom is -0.453 e. The van der Waals surface area contributed by atoms with Crippen LogP contribution in [0.5, 0.6) is 0 Å². The highest BCUT2D eigenvalue weighted by Gasteiger charge is 2.23. The molecule has 0 bridgehead atoms. The first kappa shape index (κ1) is 35.7. The van der Waals surface area contributed by atoms with Gasteiger partial charge in [0.1, 0.15) is 5.58 Å². The Bertz CT molecular complexity index is 3620. The van der Waals surface area contributed by atoms with E-state index < -0.39 is 0 Å². The second-order valence-corrected chi connectivity index (χ2v) is 16.0. The van der Waals surface area contributed by atoms with Crippen LogP contribution in [-0.2, 0) is 0 Å². The predicted octanol–water partition coefficient (Wildman–Crippen LogP) is 17.2. The molecule has 1 heterocycles. The Morgan fingerprint density at radius 3 is 1.55 bits per heavy atom. The summed E-state index contributed by atoms with van der Waals surface area (Å²) < 4.78 is 7.09. The molecular weight excluding hydrogens is 751 g/mol. The van der Waals surface area contributed by atoms with Crippen LogP contribution in [0.3, 0.4) is 0 Å². The van der Waals surface area contributed by atoms with Crippen molar-refractivity contribution in [3.8, 4) is 44.5 Å². The fraction of sp³-hybridized carbons (Fsp3) is 0. The highest BCUT2D eigenvalue weighted by Crippen LogP contribution is 2.47. The first-order valence-electron chi connectivity index (χ1n) is 21.3. The minimum absolute atomic E-state index is 0.846. The molecule has 0 N–H and O–H groups in total. The molecule has 0 fully saturated rings. The van der Waals surface area contributed by atoms with Gasteiger partial charge in [-0.05, 0) is 96.2 Å². The third-order valence-corrected chi connectivity index (χ3v) is 12.5. The van der Waals surface area contributed by atoms with E-state index in [2.05, 4.69) is 241 Å². The molecule has 0 aliphatic heterocycles. The molecule has 12 aromatic rings. The SMILES string of the molecule is c1ccc(-c2cccc3c2oc2c(N(c4ccc(-c5cccc6cccc(-c7ccccc7)c56)cc4)c4ccc(-c5ccc6ccccc6c5)c5ccccc45)cccc23)cc1. The van der Waals surface area contributed by atoms with Crippen LogP contribution >= 0.6 is 0 Å². The monoisotopic (exact) mass is 789 g/mol. The summed E-state index contributed by atoms with van der Waals surface area (Å²) in [4.78, 5) is 2.39. The third-order valence-electron chi connectivity index (χ3n) is 12.5. The van der Waals surface area contributed by atoms with Crippen molar-refractivity contribution in [1.82, 2.24) is 0 Å². The lowest BCUT2D eigenvalue weighted by Gasteiger charge is -2.28. The summed E-state index contributed by atoms with van der Waals surface area (Å²) in [6.45, 7) is 0. The number of nitrogens with zero attached hydrogens (tertiary/aromatic N) is 1. The van der Waals surface area contributed by atoms with Crippen LogP contribution in [0.1, 0.15) is 0 Å². The number of furan rings is 1. The van der Waals surface area contributed by atoms with Gasteiger partial charge in [0.15, 0.2) is 5.58 Å². The van der Waals surface area contributed by atoms with E-state index in [-0.39, 0.29) is 0 Å². The van der Waals surface area contributed by atoms with Crippen molar-refractivity contribution >= 4 is 71.3 Å². The molecule has 2 nitrogen and oxygen atoms in total. The van der Waals surface area contributed by atoms with Crippen LogP contribution in [0.2, 0.25) is 0 Å². The van der Waals surface area contributed by atoms with Gasteiger partial charge in [-0.2, -0.15) is 0 Å². The van der Waals surface area contributed by atoms with Crippen LogP contribution in [0.4, 0.5) is 17.1 Å². The zero-order valence-corrected chi connectivity index (χ0v) is 33.9. The summed E-state index contributed by atoms with van der Waals surface area (Å²) in [6, 6.07) is 85.3. The topological polar surface area (TPSA) is 16.4 Å². The number of benzene rings is 11. The van der Waals surface area contributed by atoms with Gasteiger partial charge in [-0.3, -0.25) is 0 Å². The van der Waals surface area contributed by atoms with Gasteiger partial charge < -0.3 is 9.32 Å². The van der Waals surface area contributed by atoms with Crippen LogP contribution < -0.4 is 4.90 Å². The molecule has 0 radical (unpaired) electrons. The maximum Gasteiger partial charge on any atom is 0.159 e. The van der Waals surface area contributed by atoms with Gasteiger partial charge >= 0.3 is 0 Å². The standard InChI is InChI=1S/C60H39NO/c1-3-16-41(17-4-1)49-25-11-21-44-22-12-26-50(58(44)49)43-33-35-47(36-34-43)61(57-30-14-29-55-54-28-13-27-51(59(54)62-60(55)57)42-18-5-2-6-19-42)56-38-37-48(52-23-9-10-24-53(52)56)46-32-31-40-15-7-8-20-45(40)39-46/h1-39H. The molecule has 0 saturated carbocycles. The molecule has 11 aromatic carbocycles. The Morgan fingerprint density at radius 2 is 0.806 bits per heavy atom. The van der Waals surface area contributed by atoms with Gasteiger partial charge in [-0.25, -0.2) is 0 Å². The minimum atomic E-state index is 0.846. The second-order valence-electron chi connectivity index (χ2n) is 16.0. The average molecular weight is 790 g/mol. The van der Waals surface area contributed by atoms with Crippen molar-refractivity contribution in [2.24, 2.45) is 0 Å². The fourth-order valence-electron chi connectivity index (χ4n) is 9.55. The van der Waals surface area contributed by atoms with E-state index >= 15 is 0 Å². The number of hydrogen-bond acceptors (Lipinski definition) is 2. The molecule has 0 atom stereocenters. The van der Waals surface area contributed by atoms with Gasteiger partial charge in [-0.15, -0.1) is 0 Å². The van der Waals surface area contributed by atoms with Crippen LogP contribution in [0.15, 0.2) is 241 Å². The van der Waals surface area contributed by atoms with E-state index in [9.17, 15) is 0 Å². The lowest BCUT2D eigenvalue weighted by Crippen LogP contribution is -2.11. The summed E-state index contributed by atoms with van der Waals surface area (Å²) in [6.07, 6.45) is 0. The Morgan fingerprint density at radius 1 is 0.274 bits per heavy atom. The molecule has 0 aliphatic carbocycles. The molecule has 0 unspecified atom stereocenters. The Balaban J connectivity index is 1.07. The molecule has 12 rings (SSSR count). The van der Waals surface area contributed by atoms with Gasteiger partial charge in [0.25, 0.3) is 0 Å². The normalized spacial score (nSPS) is 11.5. The summed E-state index contributed by atoms with van der Waals surface area (Å²) in [5.41, 5.74) is 14.2. The molecule has 290 valence electrons. The highest BCUT2D eigenvalue weighted by molar-refractivity contribution is 6.15. The molecule has 0 amide bonds. The molecule has 62 heavy (non-hydrogen) atoms.